The number of anilines is 1. The lowest BCUT2D eigenvalue weighted by molar-refractivity contribution is -0.142. The Morgan fingerprint density at radius 3 is 2.40 bits per heavy atom. The van der Waals surface area contributed by atoms with E-state index in [-0.39, 0.29) is 12.2 Å². The molecule has 1 aromatic rings. The summed E-state index contributed by atoms with van der Waals surface area (Å²) in [6.45, 7) is 3.28. The first kappa shape index (κ1) is 18.9. The minimum absolute atomic E-state index is 0.184. The van der Waals surface area contributed by atoms with Crippen LogP contribution in [0.15, 0.2) is 18.3 Å². The SMILES string of the molecule is COC(=O)CC(NC(=O)c1ccc(N2CCCCCC2)nc1)C(C)=O. The first-order valence-electron chi connectivity index (χ1n) is 8.60. The van der Waals surface area contributed by atoms with Gasteiger partial charge in [0.15, 0.2) is 5.78 Å². The van der Waals surface area contributed by atoms with Crippen molar-refractivity contribution < 1.29 is 19.1 Å². The lowest BCUT2D eigenvalue weighted by Crippen LogP contribution is -2.41. The maximum Gasteiger partial charge on any atom is 0.308 e. The lowest BCUT2D eigenvalue weighted by atomic mass is 10.1. The molecule has 2 heterocycles. The number of hydrogen-bond acceptors (Lipinski definition) is 6. The Morgan fingerprint density at radius 2 is 1.88 bits per heavy atom. The van der Waals surface area contributed by atoms with E-state index in [1.54, 1.807) is 6.07 Å². The van der Waals surface area contributed by atoms with Crippen LogP contribution in [0, 0.1) is 0 Å². The van der Waals surface area contributed by atoms with Crippen LogP contribution in [-0.2, 0) is 14.3 Å². The average molecular weight is 347 g/mol. The molecule has 0 spiro atoms. The van der Waals surface area contributed by atoms with E-state index in [0.29, 0.717) is 5.56 Å². The van der Waals surface area contributed by atoms with E-state index in [1.807, 2.05) is 6.07 Å². The number of carbonyl (C=O) groups excluding carboxylic acids is 3. The zero-order chi connectivity index (χ0) is 18.2. The number of rotatable bonds is 6. The first-order chi connectivity index (χ1) is 12.0. The van der Waals surface area contributed by atoms with Gasteiger partial charge in [-0.15, -0.1) is 0 Å². The van der Waals surface area contributed by atoms with Gasteiger partial charge in [-0.3, -0.25) is 14.4 Å². The van der Waals surface area contributed by atoms with Crippen molar-refractivity contribution in [1.82, 2.24) is 10.3 Å². The minimum Gasteiger partial charge on any atom is -0.469 e. The third-order valence-electron chi connectivity index (χ3n) is 4.33. The number of carbonyl (C=O) groups is 3. The van der Waals surface area contributed by atoms with Crippen molar-refractivity contribution in [3.63, 3.8) is 0 Å². The van der Waals surface area contributed by atoms with Gasteiger partial charge in [-0.25, -0.2) is 4.98 Å². The fourth-order valence-corrected chi connectivity index (χ4v) is 2.80. The number of Topliss-reactive ketones (excluding diaryl/α,β-unsaturated/α-hetero) is 1. The molecule has 1 saturated heterocycles. The predicted octanol–water partition coefficient (Wildman–Crippen LogP) is 1.71. The number of esters is 1. The monoisotopic (exact) mass is 347 g/mol. The minimum atomic E-state index is -0.898. The fraction of sp³-hybridized carbons (Fsp3) is 0.556. The summed E-state index contributed by atoms with van der Waals surface area (Å²) in [5, 5.41) is 2.56. The van der Waals surface area contributed by atoms with Gasteiger partial charge in [0.05, 0.1) is 25.1 Å². The second-order valence-electron chi connectivity index (χ2n) is 6.22. The van der Waals surface area contributed by atoms with E-state index in [0.717, 1.165) is 31.7 Å². The normalized spacial score (nSPS) is 15.8. The highest BCUT2D eigenvalue weighted by Gasteiger charge is 2.22. The summed E-state index contributed by atoms with van der Waals surface area (Å²) in [4.78, 5) is 41.9. The standard InChI is InChI=1S/C18H25N3O4/c1-13(22)15(11-17(23)25-2)20-18(24)14-7-8-16(19-12-14)21-9-5-3-4-6-10-21/h7-8,12,15H,3-6,9-11H2,1-2H3,(H,20,24). The molecule has 1 aliphatic rings. The van der Waals surface area contributed by atoms with E-state index < -0.39 is 17.9 Å². The zero-order valence-electron chi connectivity index (χ0n) is 14.8. The third-order valence-corrected chi connectivity index (χ3v) is 4.33. The highest BCUT2D eigenvalue weighted by Crippen LogP contribution is 2.17. The Hall–Kier alpha value is -2.44. The second-order valence-corrected chi connectivity index (χ2v) is 6.22. The van der Waals surface area contributed by atoms with Crippen molar-refractivity contribution in [2.24, 2.45) is 0 Å². The molecule has 0 radical (unpaired) electrons. The molecule has 25 heavy (non-hydrogen) atoms. The van der Waals surface area contributed by atoms with E-state index in [2.05, 4.69) is 19.9 Å². The summed E-state index contributed by atoms with van der Waals surface area (Å²) in [6, 6.07) is 2.62. The Labute approximate surface area is 147 Å². The number of pyridine rings is 1. The number of amides is 1. The van der Waals surface area contributed by atoms with E-state index in [9.17, 15) is 14.4 Å². The van der Waals surface area contributed by atoms with Crippen LogP contribution in [0.1, 0.15) is 49.4 Å². The van der Waals surface area contributed by atoms with Crippen LogP contribution in [0.2, 0.25) is 0 Å². The average Bonchev–Trinajstić information content (AvgIpc) is 2.90. The Balaban J connectivity index is 2.01. The molecule has 1 atom stereocenters. The Morgan fingerprint density at radius 1 is 1.20 bits per heavy atom. The van der Waals surface area contributed by atoms with Gasteiger partial charge in [0, 0.05) is 19.3 Å². The topological polar surface area (TPSA) is 88.6 Å². The van der Waals surface area contributed by atoms with Gasteiger partial charge in [0.2, 0.25) is 0 Å². The number of nitrogens with one attached hydrogen (secondary N) is 1. The van der Waals surface area contributed by atoms with Crippen LogP contribution in [0.4, 0.5) is 5.82 Å². The van der Waals surface area contributed by atoms with Crippen molar-refractivity contribution in [3.05, 3.63) is 23.9 Å². The van der Waals surface area contributed by atoms with Crippen molar-refractivity contribution >= 4 is 23.5 Å². The molecule has 0 bridgehead atoms. The number of aromatic nitrogens is 1. The van der Waals surface area contributed by atoms with E-state index in [4.69, 9.17) is 0 Å². The molecule has 1 aromatic heterocycles. The smallest absolute Gasteiger partial charge is 0.308 e. The zero-order valence-corrected chi connectivity index (χ0v) is 14.8. The Kier molecular flexibility index (Phi) is 6.91. The van der Waals surface area contributed by atoms with Gasteiger partial charge in [0.1, 0.15) is 5.82 Å². The van der Waals surface area contributed by atoms with Crippen LogP contribution >= 0.6 is 0 Å². The van der Waals surface area contributed by atoms with Crippen molar-refractivity contribution in [2.75, 3.05) is 25.1 Å². The van der Waals surface area contributed by atoms with Crippen LogP contribution in [0.3, 0.4) is 0 Å². The maximum absolute atomic E-state index is 12.3. The molecule has 1 N–H and O–H groups in total. The number of ketones is 1. The summed E-state index contributed by atoms with van der Waals surface area (Å²) in [6.07, 6.45) is 6.10. The van der Waals surface area contributed by atoms with Crippen molar-refractivity contribution in [3.8, 4) is 0 Å². The molecule has 1 aliphatic heterocycles. The molecule has 7 nitrogen and oxygen atoms in total. The van der Waals surface area contributed by atoms with Gasteiger partial charge in [0.25, 0.3) is 5.91 Å². The van der Waals surface area contributed by atoms with Crippen molar-refractivity contribution in [1.29, 1.82) is 0 Å². The molecule has 0 aliphatic carbocycles. The molecular formula is C18H25N3O4. The van der Waals surface area contributed by atoms with Gasteiger partial charge in [-0.05, 0) is 31.9 Å². The molecule has 1 amide bonds. The molecular weight excluding hydrogens is 322 g/mol. The summed E-state index contributed by atoms with van der Waals surface area (Å²) in [5.41, 5.74) is 0.356. The molecule has 2 rings (SSSR count). The first-order valence-corrected chi connectivity index (χ1v) is 8.60. The number of methoxy groups -OCH3 is 1. The van der Waals surface area contributed by atoms with Gasteiger partial charge < -0.3 is 15.0 Å². The summed E-state index contributed by atoms with van der Waals surface area (Å²) < 4.78 is 4.55. The number of hydrogen-bond donors (Lipinski definition) is 1. The maximum atomic E-state index is 12.3. The largest absolute Gasteiger partial charge is 0.469 e. The summed E-state index contributed by atoms with van der Waals surface area (Å²) >= 11 is 0. The van der Waals surface area contributed by atoms with E-state index >= 15 is 0 Å². The van der Waals surface area contributed by atoms with Gasteiger partial charge in [-0.2, -0.15) is 0 Å². The van der Waals surface area contributed by atoms with Gasteiger partial charge >= 0.3 is 5.97 Å². The summed E-state index contributed by atoms with van der Waals surface area (Å²) in [5.74, 6) is -0.418. The van der Waals surface area contributed by atoms with Crippen LogP contribution in [-0.4, -0.2) is 48.9 Å². The summed E-state index contributed by atoms with van der Waals surface area (Å²) in [7, 11) is 1.24. The number of nitrogens with zero attached hydrogens (tertiary/aromatic N) is 2. The molecule has 136 valence electrons. The van der Waals surface area contributed by atoms with E-state index in [1.165, 1.54) is 33.1 Å². The third kappa shape index (κ3) is 5.55. The van der Waals surface area contributed by atoms with Crippen molar-refractivity contribution in [2.45, 2.75) is 45.1 Å². The van der Waals surface area contributed by atoms with Gasteiger partial charge in [-0.1, -0.05) is 12.8 Å². The quantitative estimate of drug-likeness (QED) is 0.788. The lowest BCUT2D eigenvalue weighted by Gasteiger charge is -2.21. The predicted molar refractivity (Wildman–Crippen MR) is 93.5 cm³/mol. The van der Waals surface area contributed by atoms with Crippen LogP contribution < -0.4 is 10.2 Å². The van der Waals surface area contributed by atoms with Crippen LogP contribution in [0.5, 0.6) is 0 Å². The molecule has 1 fully saturated rings. The molecule has 7 heteroatoms. The molecule has 1 unspecified atom stereocenters. The van der Waals surface area contributed by atoms with Crippen LogP contribution in [0.25, 0.3) is 0 Å². The molecule has 0 aromatic carbocycles. The highest BCUT2D eigenvalue weighted by molar-refractivity contribution is 5.98. The fourth-order valence-electron chi connectivity index (χ4n) is 2.80. The highest BCUT2D eigenvalue weighted by atomic mass is 16.5. The second kappa shape index (κ2) is 9.15. The molecule has 0 saturated carbocycles. The Bertz CT molecular complexity index is 607. The number of ether oxygens (including phenoxy) is 1.